The lowest BCUT2D eigenvalue weighted by molar-refractivity contribution is 0.646. The molecule has 0 unspecified atom stereocenters. The minimum Gasteiger partial charge on any atom is -0.368 e. The van der Waals surface area contributed by atoms with Crippen LogP contribution in [0.25, 0.3) is 0 Å². The fraction of sp³-hybridized carbons (Fsp3) is 0.333. The van der Waals surface area contributed by atoms with Crippen LogP contribution in [-0.4, -0.2) is 31.2 Å². The number of pyridine rings is 1. The fourth-order valence-corrected chi connectivity index (χ4v) is 2.89. The number of aromatic nitrogens is 1. The number of nitriles is 1. The van der Waals surface area contributed by atoms with E-state index in [1.807, 2.05) is 12.1 Å². The molecule has 0 saturated carbocycles. The highest BCUT2D eigenvalue weighted by atomic mass is 15.3. The summed E-state index contributed by atoms with van der Waals surface area (Å²) in [6, 6.07) is 12.4. The van der Waals surface area contributed by atoms with Gasteiger partial charge in [0.15, 0.2) is 0 Å². The Labute approximate surface area is 131 Å². The first kappa shape index (κ1) is 14.4. The van der Waals surface area contributed by atoms with Gasteiger partial charge in [-0.3, -0.25) is 0 Å². The number of rotatable bonds is 2. The summed E-state index contributed by atoms with van der Waals surface area (Å²) in [4.78, 5) is 9.11. The van der Waals surface area contributed by atoms with Gasteiger partial charge in [-0.1, -0.05) is 12.1 Å². The second-order valence-electron chi connectivity index (χ2n) is 5.71. The maximum atomic E-state index is 8.84. The molecule has 2 heterocycles. The van der Waals surface area contributed by atoms with Crippen LogP contribution in [0.1, 0.15) is 16.7 Å². The standard InChI is InChI=1S/C18H20N4/c1-14-4-3-5-17(15(14)2)21-8-10-22(11-9-21)18-7-6-16(12-19)13-20-18/h3-7,13H,8-11H2,1-2H3. The SMILES string of the molecule is Cc1cccc(N2CCN(c3ccc(C#N)cn3)CC2)c1C. The summed E-state index contributed by atoms with van der Waals surface area (Å²) >= 11 is 0. The second-order valence-corrected chi connectivity index (χ2v) is 5.71. The zero-order chi connectivity index (χ0) is 15.5. The predicted molar refractivity (Wildman–Crippen MR) is 89.3 cm³/mol. The number of hydrogen-bond acceptors (Lipinski definition) is 4. The maximum Gasteiger partial charge on any atom is 0.128 e. The normalized spacial score (nSPS) is 14.8. The minimum atomic E-state index is 0.609. The molecule has 22 heavy (non-hydrogen) atoms. The van der Waals surface area contributed by atoms with Crippen molar-refractivity contribution in [2.24, 2.45) is 0 Å². The predicted octanol–water partition coefficient (Wildman–Crippen LogP) is 2.90. The van der Waals surface area contributed by atoms with E-state index in [1.165, 1.54) is 16.8 Å². The third-order valence-electron chi connectivity index (χ3n) is 4.40. The van der Waals surface area contributed by atoms with Crippen molar-refractivity contribution in [1.82, 2.24) is 4.98 Å². The molecule has 4 heteroatoms. The van der Waals surface area contributed by atoms with Crippen molar-refractivity contribution < 1.29 is 0 Å². The van der Waals surface area contributed by atoms with Gasteiger partial charge in [0.05, 0.1) is 5.56 Å². The molecular formula is C18H20N4. The molecule has 1 aliphatic rings. The van der Waals surface area contributed by atoms with Gasteiger partial charge in [0.1, 0.15) is 11.9 Å². The van der Waals surface area contributed by atoms with Crippen LogP contribution in [-0.2, 0) is 0 Å². The molecule has 0 amide bonds. The molecule has 4 nitrogen and oxygen atoms in total. The first-order valence-corrected chi connectivity index (χ1v) is 7.61. The van der Waals surface area contributed by atoms with Crippen LogP contribution in [0.2, 0.25) is 0 Å². The lowest BCUT2D eigenvalue weighted by atomic mass is 10.1. The van der Waals surface area contributed by atoms with Crippen LogP contribution >= 0.6 is 0 Å². The number of piperazine rings is 1. The summed E-state index contributed by atoms with van der Waals surface area (Å²) in [6.07, 6.45) is 1.65. The maximum absolute atomic E-state index is 8.84. The minimum absolute atomic E-state index is 0.609. The zero-order valence-corrected chi connectivity index (χ0v) is 13.1. The van der Waals surface area contributed by atoms with Gasteiger partial charge in [-0.15, -0.1) is 0 Å². The summed E-state index contributed by atoms with van der Waals surface area (Å²) in [5, 5.41) is 8.84. The van der Waals surface area contributed by atoms with Gasteiger partial charge in [-0.2, -0.15) is 5.26 Å². The quantitative estimate of drug-likeness (QED) is 0.853. The van der Waals surface area contributed by atoms with E-state index in [9.17, 15) is 0 Å². The van der Waals surface area contributed by atoms with Crippen molar-refractivity contribution in [1.29, 1.82) is 5.26 Å². The Morgan fingerprint density at radius 1 is 1.00 bits per heavy atom. The third-order valence-corrected chi connectivity index (χ3v) is 4.40. The first-order valence-electron chi connectivity index (χ1n) is 7.61. The van der Waals surface area contributed by atoms with Crippen LogP contribution in [0, 0.1) is 25.2 Å². The van der Waals surface area contributed by atoms with Gasteiger partial charge < -0.3 is 9.80 Å². The van der Waals surface area contributed by atoms with Crippen LogP contribution < -0.4 is 9.80 Å². The molecule has 0 spiro atoms. The summed E-state index contributed by atoms with van der Waals surface area (Å²) < 4.78 is 0. The largest absolute Gasteiger partial charge is 0.368 e. The molecular weight excluding hydrogens is 272 g/mol. The second kappa shape index (κ2) is 6.07. The van der Waals surface area contributed by atoms with Crippen LogP contribution in [0.5, 0.6) is 0 Å². The molecule has 3 rings (SSSR count). The molecule has 1 fully saturated rings. The van der Waals surface area contributed by atoms with Gasteiger partial charge in [0.2, 0.25) is 0 Å². The number of benzene rings is 1. The van der Waals surface area contributed by atoms with Crippen LogP contribution in [0.4, 0.5) is 11.5 Å². The summed E-state index contributed by atoms with van der Waals surface area (Å²) in [7, 11) is 0. The topological polar surface area (TPSA) is 43.2 Å². The van der Waals surface area contributed by atoms with Crippen LogP contribution in [0.3, 0.4) is 0 Å². The zero-order valence-electron chi connectivity index (χ0n) is 13.1. The highest BCUT2D eigenvalue weighted by Gasteiger charge is 2.19. The van der Waals surface area contributed by atoms with Gasteiger partial charge in [0.25, 0.3) is 0 Å². The highest BCUT2D eigenvalue weighted by molar-refractivity contribution is 5.57. The summed E-state index contributed by atoms with van der Waals surface area (Å²) in [5.74, 6) is 0.958. The lowest BCUT2D eigenvalue weighted by Crippen LogP contribution is -2.47. The molecule has 0 bridgehead atoms. The van der Waals surface area contributed by atoms with Crippen molar-refractivity contribution in [3.05, 3.63) is 53.2 Å². The monoisotopic (exact) mass is 292 g/mol. The Morgan fingerprint density at radius 2 is 1.73 bits per heavy atom. The molecule has 1 aromatic heterocycles. The van der Waals surface area contributed by atoms with Gasteiger partial charge in [-0.05, 0) is 43.2 Å². The molecule has 1 aliphatic heterocycles. The van der Waals surface area contributed by atoms with E-state index in [-0.39, 0.29) is 0 Å². The Kier molecular flexibility index (Phi) is 3.97. The average Bonchev–Trinajstić information content (AvgIpc) is 2.58. The highest BCUT2D eigenvalue weighted by Crippen LogP contribution is 2.24. The van der Waals surface area contributed by atoms with Crippen LogP contribution in [0.15, 0.2) is 36.5 Å². The Morgan fingerprint density at radius 3 is 2.36 bits per heavy atom. The Balaban J connectivity index is 1.69. The Bertz CT molecular complexity index is 692. The number of aryl methyl sites for hydroxylation is 1. The summed E-state index contributed by atoms with van der Waals surface area (Å²) in [5.41, 5.74) is 4.66. The van der Waals surface area contributed by atoms with Crippen molar-refractivity contribution in [3.8, 4) is 6.07 Å². The molecule has 0 atom stereocenters. The number of anilines is 2. The van der Waals surface area contributed by atoms with Crippen molar-refractivity contribution in [2.75, 3.05) is 36.0 Å². The van der Waals surface area contributed by atoms with E-state index in [4.69, 9.17) is 5.26 Å². The van der Waals surface area contributed by atoms with E-state index in [2.05, 4.69) is 52.9 Å². The van der Waals surface area contributed by atoms with Crippen molar-refractivity contribution in [3.63, 3.8) is 0 Å². The van der Waals surface area contributed by atoms with E-state index in [0.29, 0.717) is 5.56 Å². The Hall–Kier alpha value is -2.54. The van der Waals surface area contributed by atoms with E-state index < -0.39 is 0 Å². The smallest absolute Gasteiger partial charge is 0.128 e. The fourth-order valence-electron chi connectivity index (χ4n) is 2.89. The lowest BCUT2D eigenvalue weighted by Gasteiger charge is -2.37. The van der Waals surface area contributed by atoms with Gasteiger partial charge in [-0.25, -0.2) is 4.98 Å². The van der Waals surface area contributed by atoms with Crippen molar-refractivity contribution >= 4 is 11.5 Å². The number of nitrogens with zero attached hydrogens (tertiary/aromatic N) is 4. The first-order chi connectivity index (χ1) is 10.7. The average molecular weight is 292 g/mol. The molecule has 1 saturated heterocycles. The molecule has 0 radical (unpaired) electrons. The molecule has 0 aliphatic carbocycles. The molecule has 1 aromatic carbocycles. The van der Waals surface area contributed by atoms with Gasteiger partial charge in [0, 0.05) is 38.1 Å². The molecule has 112 valence electrons. The van der Waals surface area contributed by atoms with Gasteiger partial charge >= 0.3 is 0 Å². The van der Waals surface area contributed by atoms with E-state index in [0.717, 1.165) is 32.0 Å². The molecule has 2 aromatic rings. The van der Waals surface area contributed by atoms with Crippen molar-refractivity contribution in [2.45, 2.75) is 13.8 Å². The van der Waals surface area contributed by atoms with E-state index in [1.54, 1.807) is 6.20 Å². The summed E-state index contributed by atoms with van der Waals surface area (Å²) in [6.45, 7) is 8.24. The number of hydrogen-bond donors (Lipinski definition) is 0. The molecule has 0 N–H and O–H groups in total. The van der Waals surface area contributed by atoms with E-state index >= 15 is 0 Å². The third kappa shape index (κ3) is 2.75.